The van der Waals surface area contributed by atoms with Crippen LogP contribution in [0.2, 0.25) is 0 Å². The molecule has 2 aromatic carbocycles. The minimum Gasteiger partial charge on any atom is -0.507 e. The van der Waals surface area contributed by atoms with Crippen LogP contribution in [0.4, 0.5) is 10.1 Å². The van der Waals surface area contributed by atoms with Crippen molar-refractivity contribution in [3.05, 3.63) is 110 Å². The van der Waals surface area contributed by atoms with Crippen molar-refractivity contribution in [1.29, 1.82) is 0 Å². The molecule has 1 aromatic heterocycles. The number of allylic oxidation sites excluding steroid dienone is 4. The number of carboxylic acids is 1. The number of esters is 1. The second kappa shape index (κ2) is 20.7. The number of amides is 1. The second-order valence-corrected chi connectivity index (χ2v) is 20.2. The number of benzene rings is 2. The second-order valence-electron chi connectivity index (χ2n) is 20.2. The summed E-state index contributed by atoms with van der Waals surface area (Å²) in [5, 5.41) is 61.6. The van der Waals surface area contributed by atoms with E-state index in [1.807, 2.05) is 0 Å². The van der Waals surface area contributed by atoms with E-state index in [0.717, 1.165) is 18.9 Å². The van der Waals surface area contributed by atoms with Crippen molar-refractivity contribution in [3.63, 3.8) is 0 Å². The lowest BCUT2D eigenvalue weighted by Crippen LogP contribution is -2.50. The maximum atomic E-state index is 16.1. The van der Waals surface area contributed by atoms with Crippen LogP contribution in [-0.4, -0.2) is 134 Å². The third-order valence-electron chi connectivity index (χ3n) is 15.3. The zero-order valence-electron chi connectivity index (χ0n) is 43.0. The number of Topliss-reactive ketones (excluding diaryl/α,β-unsaturated/α-hetero) is 2. The van der Waals surface area contributed by atoms with Gasteiger partial charge < -0.3 is 64.3 Å². The average Bonchev–Trinajstić information content (AvgIpc) is 4.18. The highest BCUT2D eigenvalue weighted by Crippen LogP contribution is 2.49. The summed E-state index contributed by atoms with van der Waals surface area (Å²) in [5.41, 5.74) is -3.08. The molecule has 2 aliphatic carbocycles. The normalized spacial score (nSPS) is 29.9. The van der Waals surface area contributed by atoms with Crippen LogP contribution in [0, 0.1) is 36.4 Å². The zero-order chi connectivity index (χ0) is 54.7. The van der Waals surface area contributed by atoms with Crippen molar-refractivity contribution in [2.45, 2.75) is 104 Å². The molecular formula is C54H62FN5O15. The number of pyridine rings is 1. The van der Waals surface area contributed by atoms with Crippen LogP contribution in [0.25, 0.3) is 10.9 Å². The molecule has 6 aliphatic rings. The van der Waals surface area contributed by atoms with Crippen LogP contribution >= 0.6 is 0 Å². The molecule has 9 atom stereocenters. The molecule has 4 aliphatic heterocycles. The number of fused-ring (bicyclic) bond motifs is 15. The lowest BCUT2D eigenvalue weighted by atomic mass is 9.78. The van der Waals surface area contributed by atoms with E-state index in [1.165, 1.54) is 71.6 Å². The number of phenolic OH excluding ortho intramolecular Hbond substituents is 1. The standard InChI is InChI=1S/C54H62FN5O15/c1-24-11-10-12-25(2)52(68)56-41-42(59-18-16-58(17-19-59)36-22-35-32(21-34(36)55)46(65)33(53(69)70)23-60(35)31-13-14-31)48(67)38-39(47(41)66)45(64)29(6)50-40(38)51(57-71)54(8,75-50)73-20-15-37(72-9)26(3)49(74-30(7)61)28(5)44(63)27(4)43(24)62/h10-12,15,20-24,26-28,31,37,43-44,49,62-64,71H,13-14,16-19H2,1-9H3,(H,56,68)(H,69,70)/b11-10+,20-15+,25-12-,57-51-/t24-,26+,27+,28+,37-,43-,44+,49+,54-/m0/s1. The minimum absolute atomic E-state index is 0.0359. The molecule has 75 heavy (non-hydrogen) atoms. The molecule has 0 spiro atoms. The van der Waals surface area contributed by atoms with Crippen molar-refractivity contribution >= 4 is 51.7 Å². The number of piperazine rings is 1. The van der Waals surface area contributed by atoms with E-state index < -0.39 is 123 Å². The van der Waals surface area contributed by atoms with Gasteiger partial charge >= 0.3 is 11.9 Å². The summed E-state index contributed by atoms with van der Waals surface area (Å²) in [6.45, 7) is 12.3. The third-order valence-corrected chi connectivity index (χ3v) is 15.3. The Morgan fingerprint density at radius 1 is 0.907 bits per heavy atom. The van der Waals surface area contributed by atoms with Gasteiger partial charge in [0.15, 0.2) is 5.71 Å². The number of ketones is 2. The first-order chi connectivity index (χ1) is 35.5. The van der Waals surface area contributed by atoms with Crippen molar-refractivity contribution in [2.75, 3.05) is 38.2 Å². The first kappa shape index (κ1) is 53.9. The van der Waals surface area contributed by atoms with Gasteiger partial charge in [0.25, 0.3) is 11.7 Å². The lowest BCUT2D eigenvalue weighted by molar-refractivity contribution is -0.160. The van der Waals surface area contributed by atoms with Gasteiger partial charge in [-0.1, -0.05) is 51.1 Å². The Morgan fingerprint density at radius 3 is 2.19 bits per heavy atom. The molecule has 21 heteroatoms. The quantitative estimate of drug-likeness (QED) is 0.104. The van der Waals surface area contributed by atoms with Crippen LogP contribution in [0.1, 0.15) is 110 Å². The number of carbonyl (C=O) groups excluding carboxylic acids is 4. The molecule has 0 radical (unpaired) electrons. The summed E-state index contributed by atoms with van der Waals surface area (Å²) in [5.74, 6) is -11.1. The van der Waals surface area contributed by atoms with Gasteiger partial charge in [0.1, 0.15) is 40.4 Å². The van der Waals surface area contributed by atoms with Gasteiger partial charge in [-0.2, -0.15) is 0 Å². The molecule has 1 amide bonds. The number of hydrogen-bond donors (Lipinski definition) is 6. The number of rotatable bonds is 6. The number of halogens is 1. The molecule has 5 heterocycles. The van der Waals surface area contributed by atoms with Gasteiger partial charge in [0.05, 0.1) is 52.5 Å². The summed E-state index contributed by atoms with van der Waals surface area (Å²) in [4.78, 5) is 85.5. The van der Waals surface area contributed by atoms with Crippen molar-refractivity contribution in [3.8, 4) is 11.5 Å². The third kappa shape index (κ3) is 9.68. The predicted molar refractivity (Wildman–Crippen MR) is 269 cm³/mol. The maximum Gasteiger partial charge on any atom is 0.341 e. The topological polar surface area (TPSA) is 276 Å². The van der Waals surface area contributed by atoms with Crippen LogP contribution in [0.15, 0.2) is 75.8 Å². The molecule has 400 valence electrons. The summed E-state index contributed by atoms with van der Waals surface area (Å²) >= 11 is 0. The SMILES string of the molecule is CO[C@H]1/C=C/O[C@@]2(C)Oc3c(C)c(O)c4c(c3/C2=N/O)C(=O)C(N2CCN(c3cc5c(cc3F)c(=O)c(C(=O)O)cn5C3CC3)CC2)=C(NC(=O)/C(C)=C\C=C\[C@H](C)[C@H](O)[C@@H](C)[C@@H](O)[C@@H](C)[C@H](OC(C)=O)[C@@H]1C)C4=O. The summed E-state index contributed by atoms with van der Waals surface area (Å²) in [6, 6.07) is 2.45. The highest BCUT2D eigenvalue weighted by atomic mass is 19.1. The Kier molecular flexibility index (Phi) is 14.9. The first-order valence-corrected chi connectivity index (χ1v) is 24.8. The highest BCUT2D eigenvalue weighted by Gasteiger charge is 2.52. The van der Waals surface area contributed by atoms with E-state index in [9.17, 15) is 44.8 Å². The Bertz CT molecular complexity index is 3110. The number of aromatic carboxylic acids is 1. The average molecular weight is 1040 g/mol. The number of carboxylic acid groups (broad SMARTS) is 1. The number of carbonyl (C=O) groups is 5. The molecule has 6 N–H and O–H groups in total. The van der Waals surface area contributed by atoms with Crippen LogP contribution in [-0.2, 0) is 23.8 Å². The summed E-state index contributed by atoms with van der Waals surface area (Å²) in [6.07, 6.45) is 5.85. The van der Waals surface area contributed by atoms with Gasteiger partial charge in [-0.3, -0.25) is 24.0 Å². The van der Waals surface area contributed by atoms with E-state index in [-0.39, 0.29) is 77.2 Å². The smallest absolute Gasteiger partial charge is 0.341 e. The molecular weight excluding hydrogens is 978 g/mol. The number of phenols is 1. The number of oxime groups is 1. The fourth-order valence-corrected chi connectivity index (χ4v) is 10.7. The van der Waals surface area contributed by atoms with E-state index >= 15 is 14.0 Å². The minimum atomic E-state index is -2.04. The number of nitrogens with one attached hydrogen (secondary N) is 1. The largest absolute Gasteiger partial charge is 0.507 e. The number of methoxy groups -OCH3 is 1. The molecule has 9 rings (SSSR count). The highest BCUT2D eigenvalue weighted by molar-refractivity contribution is 6.33. The number of aliphatic hydroxyl groups is 2. The monoisotopic (exact) mass is 1040 g/mol. The van der Waals surface area contributed by atoms with Crippen LogP contribution in [0.3, 0.4) is 0 Å². The number of aromatic hydroxyl groups is 1. The van der Waals surface area contributed by atoms with E-state index in [4.69, 9.17) is 18.9 Å². The fourth-order valence-electron chi connectivity index (χ4n) is 10.7. The van der Waals surface area contributed by atoms with Gasteiger partial charge in [0.2, 0.25) is 17.0 Å². The Labute approximate surface area is 431 Å². The number of aromatic nitrogens is 1. The number of hydrogen-bond acceptors (Lipinski definition) is 17. The predicted octanol–water partition coefficient (Wildman–Crippen LogP) is 5.26. The lowest BCUT2D eigenvalue weighted by Gasteiger charge is -2.40. The number of nitrogens with zero attached hydrogens (tertiary/aromatic N) is 4. The van der Waals surface area contributed by atoms with Crippen LogP contribution < -0.4 is 20.4 Å². The Morgan fingerprint density at radius 2 is 1.57 bits per heavy atom. The molecule has 20 nitrogen and oxygen atoms in total. The van der Waals surface area contributed by atoms with Crippen LogP contribution in [0.5, 0.6) is 11.5 Å². The van der Waals surface area contributed by atoms with Crippen molar-refractivity contribution in [1.82, 2.24) is 14.8 Å². The summed E-state index contributed by atoms with van der Waals surface area (Å²) < 4.78 is 41.9. The maximum absolute atomic E-state index is 16.1. The van der Waals surface area contributed by atoms with Gasteiger partial charge in [-0.15, -0.1) is 0 Å². The van der Waals surface area contributed by atoms with Gasteiger partial charge in [-0.05, 0) is 44.9 Å². The van der Waals surface area contributed by atoms with Gasteiger partial charge in [0, 0.05) is 99.6 Å². The molecule has 1 saturated carbocycles. The Balaban J connectivity index is 1.22. The van der Waals surface area contributed by atoms with Crippen molar-refractivity contribution in [2.24, 2.45) is 28.8 Å². The zero-order valence-corrected chi connectivity index (χ0v) is 43.0. The number of anilines is 1. The molecule has 1 saturated heterocycles. The van der Waals surface area contributed by atoms with Gasteiger partial charge in [-0.25, -0.2) is 9.18 Å². The Hall–Kier alpha value is -7.36. The molecule has 2 fully saturated rings. The first-order valence-electron chi connectivity index (χ1n) is 24.8. The van der Waals surface area contributed by atoms with E-state index in [1.54, 1.807) is 48.1 Å². The molecule has 0 unspecified atom stereocenters. The number of ether oxygens (including phenoxy) is 4. The summed E-state index contributed by atoms with van der Waals surface area (Å²) in [7, 11) is 1.41. The van der Waals surface area contributed by atoms with Crippen molar-refractivity contribution < 1.29 is 72.9 Å². The molecule has 5 bridgehead atoms. The van der Waals surface area contributed by atoms with E-state index in [0.29, 0.717) is 5.52 Å². The van der Waals surface area contributed by atoms with E-state index in [2.05, 4.69) is 10.5 Å². The number of aliphatic hydroxyl groups excluding tert-OH is 2. The molecule has 3 aromatic rings. The fraction of sp³-hybridized carbons (Fsp3) is 0.463.